The molecule has 0 fully saturated rings. The molecule has 4 nitrogen and oxygen atoms in total. The molecule has 2 aromatic rings. The van der Waals surface area contributed by atoms with Gasteiger partial charge in [0.1, 0.15) is 11.8 Å². The van der Waals surface area contributed by atoms with Gasteiger partial charge in [-0.2, -0.15) is 5.26 Å². The molecule has 0 amide bonds. The average molecular weight is 324 g/mol. The van der Waals surface area contributed by atoms with Gasteiger partial charge in [0, 0.05) is 12.6 Å². The zero-order valence-corrected chi connectivity index (χ0v) is 14.1. The van der Waals surface area contributed by atoms with Gasteiger partial charge < -0.3 is 15.2 Å². The predicted molar refractivity (Wildman–Crippen MR) is 94.6 cm³/mol. The minimum Gasteiger partial charge on any atom is -0.476 e. The molecule has 0 bridgehead atoms. The van der Waals surface area contributed by atoms with Gasteiger partial charge in [0.05, 0.1) is 6.10 Å². The van der Waals surface area contributed by atoms with Gasteiger partial charge >= 0.3 is 0 Å². The fourth-order valence-electron chi connectivity index (χ4n) is 2.36. The van der Waals surface area contributed by atoms with Gasteiger partial charge in [-0.15, -0.1) is 0 Å². The molecule has 24 heavy (non-hydrogen) atoms. The van der Waals surface area contributed by atoms with Crippen LogP contribution in [0.15, 0.2) is 54.6 Å². The van der Waals surface area contributed by atoms with Crippen LogP contribution in [-0.4, -0.2) is 23.4 Å². The molecule has 4 heteroatoms. The van der Waals surface area contributed by atoms with Crippen LogP contribution < -0.4 is 10.1 Å². The number of ether oxygens (including phenoxy) is 1. The van der Waals surface area contributed by atoms with Crippen LogP contribution in [0.5, 0.6) is 5.75 Å². The number of benzene rings is 2. The Kier molecular flexibility index (Phi) is 6.80. The van der Waals surface area contributed by atoms with Crippen molar-refractivity contribution in [1.29, 1.82) is 5.26 Å². The van der Waals surface area contributed by atoms with Gasteiger partial charge in [-0.1, -0.05) is 42.5 Å². The normalized spacial score (nSPS) is 14.4. The summed E-state index contributed by atoms with van der Waals surface area (Å²) in [4.78, 5) is 0. The molecule has 0 aliphatic rings. The molecular weight excluding hydrogens is 300 g/mol. The second kappa shape index (κ2) is 9.07. The molecule has 126 valence electrons. The highest BCUT2D eigenvalue weighted by atomic mass is 16.5. The average Bonchev–Trinajstić information content (AvgIpc) is 2.61. The number of hydrogen-bond donors (Lipinski definition) is 2. The van der Waals surface area contributed by atoms with E-state index in [2.05, 4.69) is 5.32 Å². The molecule has 3 atom stereocenters. The number of aliphatic hydroxyl groups is 1. The topological polar surface area (TPSA) is 65.3 Å². The van der Waals surface area contributed by atoms with E-state index in [0.29, 0.717) is 18.7 Å². The molecule has 0 aliphatic heterocycles. The van der Waals surface area contributed by atoms with Crippen molar-refractivity contribution in [2.75, 3.05) is 0 Å². The van der Waals surface area contributed by atoms with Crippen LogP contribution in [0.2, 0.25) is 0 Å². The number of nitriles is 1. The van der Waals surface area contributed by atoms with Crippen molar-refractivity contribution in [3.8, 4) is 11.8 Å². The molecule has 0 spiro atoms. The highest BCUT2D eigenvalue weighted by Gasteiger charge is 2.14. The van der Waals surface area contributed by atoms with Crippen LogP contribution in [0.25, 0.3) is 0 Å². The molecule has 2 rings (SSSR count). The lowest BCUT2D eigenvalue weighted by molar-refractivity contribution is 0.134. The van der Waals surface area contributed by atoms with Crippen molar-refractivity contribution < 1.29 is 9.84 Å². The Balaban J connectivity index is 1.80. The Morgan fingerprint density at radius 2 is 1.71 bits per heavy atom. The Bertz CT molecular complexity index is 650. The van der Waals surface area contributed by atoms with Gasteiger partial charge in [0.2, 0.25) is 0 Å². The van der Waals surface area contributed by atoms with Gasteiger partial charge in [-0.05, 0) is 43.5 Å². The Morgan fingerprint density at radius 3 is 2.33 bits per heavy atom. The van der Waals surface area contributed by atoms with Crippen LogP contribution in [-0.2, 0) is 13.0 Å². The summed E-state index contributed by atoms with van der Waals surface area (Å²) in [6.07, 6.45) is -0.262. The number of nitrogens with zero attached hydrogens (tertiary/aromatic N) is 1. The first-order valence-corrected chi connectivity index (χ1v) is 8.19. The highest BCUT2D eigenvalue weighted by molar-refractivity contribution is 5.27. The number of rotatable bonds is 8. The third-order valence-corrected chi connectivity index (χ3v) is 3.91. The van der Waals surface area contributed by atoms with Gasteiger partial charge in [-0.3, -0.25) is 0 Å². The molecule has 3 unspecified atom stereocenters. The molecule has 0 aliphatic carbocycles. The summed E-state index contributed by atoms with van der Waals surface area (Å²) in [5.41, 5.74) is 2.23. The second-order valence-corrected chi connectivity index (χ2v) is 5.96. The first kappa shape index (κ1) is 18.0. The first-order valence-electron chi connectivity index (χ1n) is 8.19. The summed E-state index contributed by atoms with van der Waals surface area (Å²) in [6, 6.07) is 19.7. The van der Waals surface area contributed by atoms with Crippen molar-refractivity contribution in [3.05, 3.63) is 65.7 Å². The summed E-state index contributed by atoms with van der Waals surface area (Å²) in [5.74, 6) is 0.685. The fourth-order valence-corrected chi connectivity index (χ4v) is 2.36. The zero-order chi connectivity index (χ0) is 17.4. The zero-order valence-electron chi connectivity index (χ0n) is 14.1. The predicted octanol–water partition coefficient (Wildman–Crippen LogP) is 3.06. The van der Waals surface area contributed by atoms with Crippen molar-refractivity contribution >= 4 is 0 Å². The Labute approximate surface area is 143 Å². The lowest BCUT2D eigenvalue weighted by atomic mass is 10.0. The van der Waals surface area contributed by atoms with Crippen LogP contribution in [0.3, 0.4) is 0 Å². The van der Waals surface area contributed by atoms with E-state index in [4.69, 9.17) is 10.00 Å². The van der Waals surface area contributed by atoms with Gasteiger partial charge in [0.25, 0.3) is 0 Å². The molecule has 2 N–H and O–H groups in total. The van der Waals surface area contributed by atoms with Crippen LogP contribution in [0.1, 0.15) is 25.0 Å². The Hall–Kier alpha value is -2.35. The molecule has 0 aromatic heterocycles. The van der Waals surface area contributed by atoms with E-state index in [0.717, 1.165) is 11.1 Å². The summed E-state index contributed by atoms with van der Waals surface area (Å²) < 4.78 is 5.43. The van der Waals surface area contributed by atoms with Crippen molar-refractivity contribution in [1.82, 2.24) is 5.32 Å². The SMILES string of the molecule is CC(C#N)Oc1ccc(CNC(C)C(O)Cc2ccccc2)cc1. The highest BCUT2D eigenvalue weighted by Crippen LogP contribution is 2.14. The minimum absolute atomic E-state index is 0.0141. The third-order valence-electron chi connectivity index (χ3n) is 3.91. The van der Waals surface area contributed by atoms with Crippen LogP contribution in [0.4, 0.5) is 0 Å². The van der Waals surface area contributed by atoms with E-state index in [-0.39, 0.29) is 6.04 Å². The number of nitrogens with one attached hydrogen (secondary N) is 1. The maximum Gasteiger partial charge on any atom is 0.181 e. The van der Waals surface area contributed by atoms with Crippen LogP contribution >= 0.6 is 0 Å². The molecular formula is C20H24N2O2. The largest absolute Gasteiger partial charge is 0.476 e. The summed E-state index contributed by atoms with van der Waals surface area (Å²) in [6.45, 7) is 4.37. The van der Waals surface area contributed by atoms with E-state index in [1.807, 2.05) is 67.6 Å². The quantitative estimate of drug-likeness (QED) is 0.783. The monoisotopic (exact) mass is 324 g/mol. The number of aliphatic hydroxyl groups excluding tert-OH is 1. The first-order chi connectivity index (χ1) is 11.6. The maximum absolute atomic E-state index is 10.3. The van der Waals surface area contributed by atoms with Crippen LogP contribution in [0, 0.1) is 11.3 Å². The maximum atomic E-state index is 10.3. The van der Waals surface area contributed by atoms with E-state index in [1.165, 1.54) is 0 Å². The lowest BCUT2D eigenvalue weighted by Gasteiger charge is -2.20. The van der Waals surface area contributed by atoms with Gasteiger partial charge in [-0.25, -0.2) is 0 Å². The van der Waals surface area contributed by atoms with Crippen molar-refractivity contribution in [3.63, 3.8) is 0 Å². The van der Waals surface area contributed by atoms with E-state index >= 15 is 0 Å². The summed E-state index contributed by atoms with van der Waals surface area (Å²) in [5, 5.41) is 22.4. The summed E-state index contributed by atoms with van der Waals surface area (Å²) >= 11 is 0. The molecule has 2 aromatic carbocycles. The van der Waals surface area contributed by atoms with Crippen molar-refractivity contribution in [2.45, 2.75) is 45.1 Å². The lowest BCUT2D eigenvalue weighted by Crippen LogP contribution is -2.38. The van der Waals surface area contributed by atoms with Crippen molar-refractivity contribution in [2.24, 2.45) is 0 Å². The number of hydrogen-bond acceptors (Lipinski definition) is 4. The standard InChI is InChI=1S/C20H24N2O2/c1-15(13-21)24-19-10-8-18(9-11-19)14-22-16(2)20(23)12-17-6-4-3-5-7-17/h3-11,15-16,20,22-23H,12,14H2,1-2H3. The fraction of sp³-hybridized carbons (Fsp3) is 0.350. The van der Waals surface area contributed by atoms with Gasteiger partial charge in [0.15, 0.2) is 6.10 Å². The smallest absolute Gasteiger partial charge is 0.181 e. The minimum atomic E-state index is -0.456. The molecule has 0 saturated heterocycles. The van der Waals surface area contributed by atoms with E-state index in [9.17, 15) is 5.11 Å². The third kappa shape index (κ3) is 5.69. The second-order valence-electron chi connectivity index (χ2n) is 5.96. The van der Waals surface area contributed by atoms with E-state index < -0.39 is 12.2 Å². The molecule has 0 saturated carbocycles. The molecule has 0 radical (unpaired) electrons. The molecule has 0 heterocycles. The Morgan fingerprint density at radius 1 is 1.04 bits per heavy atom. The van der Waals surface area contributed by atoms with E-state index in [1.54, 1.807) is 6.92 Å². The summed E-state index contributed by atoms with van der Waals surface area (Å²) in [7, 11) is 0.